The van der Waals surface area contributed by atoms with E-state index in [-0.39, 0.29) is 26.9 Å². The van der Waals surface area contributed by atoms with Crippen molar-refractivity contribution in [3.05, 3.63) is 102 Å². The Labute approximate surface area is 252 Å². The second-order valence-corrected chi connectivity index (χ2v) is 13.4. The monoisotopic (exact) mass is 623 g/mol. The zero-order valence-corrected chi connectivity index (χ0v) is 26.0. The molecule has 0 bridgehead atoms. The fourth-order valence-corrected chi connectivity index (χ4v) is 6.98. The van der Waals surface area contributed by atoms with Crippen LogP contribution in [-0.4, -0.2) is 43.5 Å². The SMILES string of the molecule is COc1ccc(N(CC(=O)Nc2ccc(S(=O)(=O)Nc3c(C)cccc3C)cc2)S(=O)(=O)c2ccc(C)cc2)c(OC)c1. The molecule has 4 aromatic rings. The first-order valence-corrected chi connectivity index (χ1v) is 16.1. The van der Waals surface area contributed by atoms with Gasteiger partial charge in [-0.1, -0.05) is 35.9 Å². The number of sulfonamides is 2. The normalized spacial score (nSPS) is 11.5. The van der Waals surface area contributed by atoms with Crippen LogP contribution in [0.3, 0.4) is 0 Å². The molecule has 0 atom stereocenters. The number of carbonyl (C=O) groups excluding carboxylic acids is 1. The molecule has 226 valence electrons. The molecule has 4 aromatic carbocycles. The molecule has 0 aliphatic carbocycles. The van der Waals surface area contributed by atoms with Gasteiger partial charge in [0, 0.05) is 11.8 Å². The maximum atomic E-state index is 13.8. The first kappa shape index (κ1) is 31.4. The van der Waals surface area contributed by atoms with E-state index in [4.69, 9.17) is 9.47 Å². The van der Waals surface area contributed by atoms with Gasteiger partial charge >= 0.3 is 0 Å². The maximum absolute atomic E-state index is 13.8. The lowest BCUT2D eigenvalue weighted by Crippen LogP contribution is -2.38. The Hall–Kier alpha value is -4.55. The van der Waals surface area contributed by atoms with Crippen LogP contribution in [0.25, 0.3) is 0 Å². The lowest BCUT2D eigenvalue weighted by molar-refractivity contribution is -0.114. The van der Waals surface area contributed by atoms with E-state index in [0.29, 0.717) is 11.4 Å². The molecule has 0 unspecified atom stereocenters. The van der Waals surface area contributed by atoms with Crippen molar-refractivity contribution < 1.29 is 31.1 Å². The molecular formula is C31H33N3O7S2. The van der Waals surface area contributed by atoms with Crippen LogP contribution in [0, 0.1) is 20.8 Å². The highest BCUT2D eigenvalue weighted by Crippen LogP contribution is 2.35. The third-order valence-corrected chi connectivity index (χ3v) is 9.86. The lowest BCUT2D eigenvalue weighted by atomic mass is 10.1. The molecule has 0 fully saturated rings. The molecule has 4 rings (SSSR count). The molecule has 12 heteroatoms. The highest BCUT2D eigenvalue weighted by atomic mass is 32.2. The number of para-hydroxylation sites is 1. The van der Waals surface area contributed by atoms with E-state index >= 15 is 0 Å². The number of rotatable bonds is 11. The topological polar surface area (TPSA) is 131 Å². The van der Waals surface area contributed by atoms with E-state index in [1.165, 1.54) is 62.8 Å². The molecule has 0 saturated carbocycles. The zero-order valence-electron chi connectivity index (χ0n) is 24.4. The molecule has 2 N–H and O–H groups in total. The molecular weight excluding hydrogens is 590 g/mol. The largest absolute Gasteiger partial charge is 0.497 e. The average molecular weight is 624 g/mol. The summed E-state index contributed by atoms with van der Waals surface area (Å²) in [6.45, 7) is 4.87. The van der Waals surface area contributed by atoms with Gasteiger partial charge in [-0.3, -0.25) is 13.8 Å². The standard InChI is InChI=1S/C31H33N3O7S2/c1-21-9-14-27(15-10-21)43(38,39)34(28-18-13-25(40-4)19-29(28)41-5)20-30(35)32-24-11-16-26(17-12-24)42(36,37)33-31-22(2)7-6-8-23(31)3/h6-19,33H,20H2,1-5H3,(H,32,35). The smallest absolute Gasteiger partial charge is 0.264 e. The van der Waals surface area contributed by atoms with Crippen molar-refractivity contribution in [2.45, 2.75) is 30.6 Å². The number of methoxy groups -OCH3 is 2. The Morgan fingerprint density at radius 1 is 0.767 bits per heavy atom. The second kappa shape index (κ2) is 12.8. The van der Waals surface area contributed by atoms with Crippen LogP contribution >= 0.6 is 0 Å². The van der Waals surface area contributed by atoms with Gasteiger partial charge in [0.15, 0.2) is 0 Å². The van der Waals surface area contributed by atoms with E-state index in [1.807, 2.05) is 39.0 Å². The first-order chi connectivity index (χ1) is 20.3. The average Bonchev–Trinajstić information content (AvgIpc) is 2.98. The summed E-state index contributed by atoms with van der Waals surface area (Å²) in [4.78, 5) is 13.2. The van der Waals surface area contributed by atoms with Gasteiger partial charge in [0.2, 0.25) is 5.91 Å². The molecule has 0 aromatic heterocycles. The van der Waals surface area contributed by atoms with Crippen molar-refractivity contribution in [1.29, 1.82) is 0 Å². The Morgan fingerprint density at radius 2 is 1.37 bits per heavy atom. The van der Waals surface area contributed by atoms with Crippen LogP contribution in [-0.2, 0) is 24.8 Å². The van der Waals surface area contributed by atoms with Crippen molar-refractivity contribution in [1.82, 2.24) is 0 Å². The lowest BCUT2D eigenvalue weighted by Gasteiger charge is -2.26. The van der Waals surface area contributed by atoms with E-state index in [2.05, 4.69) is 10.0 Å². The summed E-state index contributed by atoms with van der Waals surface area (Å²) in [5, 5.41) is 2.66. The Kier molecular flexibility index (Phi) is 9.31. The quantitative estimate of drug-likeness (QED) is 0.233. The van der Waals surface area contributed by atoms with Crippen molar-refractivity contribution in [3.8, 4) is 11.5 Å². The number of ether oxygens (including phenoxy) is 2. The van der Waals surface area contributed by atoms with Crippen molar-refractivity contribution in [3.63, 3.8) is 0 Å². The van der Waals surface area contributed by atoms with Gasteiger partial charge in [0.05, 0.1) is 35.4 Å². The van der Waals surface area contributed by atoms with Gasteiger partial charge < -0.3 is 14.8 Å². The Balaban J connectivity index is 1.60. The maximum Gasteiger partial charge on any atom is 0.264 e. The molecule has 10 nitrogen and oxygen atoms in total. The number of aryl methyl sites for hydroxylation is 3. The van der Waals surface area contributed by atoms with Gasteiger partial charge in [-0.05, 0) is 80.4 Å². The van der Waals surface area contributed by atoms with Gasteiger partial charge in [0.1, 0.15) is 18.0 Å². The van der Waals surface area contributed by atoms with Crippen molar-refractivity contribution in [2.24, 2.45) is 0 Å². The van der Waals surface area contributed by atoms with Crippen LogP contribution < -0.4 is 23.8 Å². The van der Waals surface area contributed by atoms with Gasteiger partial charge in [-0.25, -0.2) is 16.8 Å². The summed E-state index contributed by atoms with van der Waals surface area (Å²) >= 11 is 0. The van der Waals surface area contributed by atoms with Crippen LogP contribution in [0.5, 0.6) is 11.5 Å². The number of nitrogens with zero attached hydrogens (tertiary/aromatic N) is 1. The zero-order chi connectivity index (χ0) is 31.4. The minimum absolute atomic E-state index is 0.000281. The molecule has 0 radical (unpaired) electrons. The summed E-state index contributed by atoms with van der Waals surface area (Å²) in [6.07, 6.45) is 0. The first-order valence-electron chi connectivity index (χ1n) is 13.2. The van der Waals surface area contributed by atoms with Crippen molar-refractivity contribution >= 4 is 43.0 Å². The number of hydrogen-bond acceptors (Lipinski definition) is 7. The summed E-state index contributed by atoms with van der Waals surface area (Å²) in [5.41, 5.74) is 3.37. The van der Waals surface area contributed by atoms with Crippen molar-refractivity contribution in [2.75, 3.05) is 35.1 Å². The summed E-state index contributed by atoms with van der Waals surface area (Å²) < 4.78 is 67.9. The molecule has 0 saturated heterocycles. The molecule has 43 heavy (non-hydrogen) atoms. The molecule has 0 aliphatic heterocycles. The van der Waals surface area contributed by atoms with Crippen LogP contribution in [0.1, 0.15) is 16.7 Å². The molecule has 0 heterocycles. The van der Waals surface area contributed by atoms with E-state index in [1.54, 1.807) is 18.2 Å². The fourth-order valence-electron chi connectivity index (χ4n) is 4.35. The minimum Gasteiger partial charge on any atom is -0.497 e. The number of carbonyl (C=O) groups is 1. The Bertz CT molecular complexity index is 1820. The number of anilines is 3. The van der Waals surface area contributed by atoms with Gasteiger partial charge in [-0.15, -0.1) is 0 Å². The summed E-state index contributed by atoms with van der Waals surface area (Å²) in [5.74, 6) is -0.0218. The van der Waals surface area contributed by atoms with Gasteiger partial charge in [0.25, 0.3) is 20.0 Å². The molecule has 0 spiro atoms. The second-order valence-electron chi connectivity index (χ2n) is 9.81. The predicted molar refractivity (Wildman–Crippen MR) is 167 cm³/mol. The summed E-state index contributed by atoms with van der Waals surface area (Å²) in [7, 11) is -5.25. The number of hydrogen-bond donors (Lipinski definition) is 2. The number of benzene rings is 4. The highest BCUT2D eigenvalue weighted by Gasteiger charge is 2.30. The third kappa shape index (κ3) is 7.09. The molecule has 0 aliphatic rings. The third-order valence-electron chi connectivity index (χ3n) is 6.72. The van der Waals surface area contributed by atoms with E-state index < -0.39 is 32.5 Å². The summed E-state index contributed by atoms with van der Waals surface area (Å²) in [6, 6.07) is 21.9. The number of amides is 1. The van der Waals surface area contributed by atoms with Gasteiger partial charge in [-0.2, -0.15) is 0 Å². The van der Waals surface area contributed by atoms with Crippen LogP contribution in [0.15, 0.2) is 94.7 Å². The van der Waals surface area contributed by atoms with E-state index in [9.17, 15) is 21.6 Å². The fraction of sp³-hybridized carbons (Fsp3) is 0.194. The predicted octanol–water partition coefficient (Wildman–Crippen LogP) is 5.26. The highest BCUT2D eigenvalue weighted by molar-refractivity contribution is 7.93. The molecule has 1 amide bonds. The Morgan fingerprint density at radius 3 is 1.95 bits per heavy atom. The number of nitrogens with one attached hydrogen (secondary N) is 2. The van der Waals surface area contributed by atoms with Crippen LogP contribution in [0.2, 0.25) is 0 Å². The minimum atomic E-state index is -4.21. The van der Waals surface area contributed by atoms with E-state index in [0.717, 1.165) is 21.0 Å². The van der Waals surface area contributed by atoms with Crippen LogP contribution in [0.4, 0.5) is 17.1 Å².